The zero-order valence-corrected chi connectivity index (χ0v) is 12.6. The lowest BCUT2D eigenvalue weighted by atomic mass is 10.2. The molecule has 114 valence electrons. The van der Waals surface area contributed by atoms with Gasteiger partial charge < -0.3 is 10.1 Å². The van der Waals surface area contributed by atoms with E-state index in [2.05, 4.69) is 10.4 Å². The summed E-state index contributed by atoms with van der Waals surface area (Å²) < 4.78 is 7.04. The summed E-state index contributed by atoms with van der Waals surface area (Å²) >= 11 is 1.46. The highest BCUT2D eigenvalue weighted by Gasteiger charge is 2.17. The normalized spacial score (nSPS) is 13.4. The minimum atomic E-state index is -0.381. The number of nitrogens with zero attached hydrogens (tertiary/aromatic N) is 2. The van der Waals surface area contributed by atoms with E-state index in [1.54, 1.807) is 23.0 Å². The fraction of sp³-hybridized carbons (Fsp3) is 0.267. The number of esters is 1. The monoisotopic (exact) mass is 317 g/mol. The van der Waals surface area contributed by atoms with Crippen molar-refractivity contribution in [1.29, 1.82) is 0 Å². The van der Waals surface area contributed by atoms with Gasteiger partial charge in [0, 0.05) is 30.3 Å². The molecule has 22 heavy (non-hydrogen) atoms. The lowest BCUT2D eigenvalue weighted by Crippen LogP contribution is -2.19. The van der Waals surface area contributed by atoms with Crippen molar-refractivity contribution in [3.63, 3.8) is 0 Å². The highest BCUT2D eigenvalue weighted by Crippen LogP contribution is 2.32. The van der Waals surface area contributed by atoms with Gasteiger partial charge in [0.1, 0.15) is 0 Å². The summed E-state index contributed by atoms with van der Waals surface area (Å²) in [5.41, 5.74) is 1.12. The van der Waals surface area contributed by atoms with E-state index in [1.165, 1.54) is 11.8 Å². The predicted molar refractivity (Wildman–Crippen MR) is 82.9 cm³/mol. The molecule has 1 aliphatic heterocycles. The third kappa shape index (κ3) is 3.48. The summed E-state index contributed by atoms with van der Waals surface area (Å²) in [6, 6.07) is 7.07. The smallest absolute Gasteiger partial charge is 0.338 e. The highest BCUT2D eigenvalue weighted by molar-refractivity contribution is 8.00. The second-order valence-corrected chi connectivity index (χ2v) is 5.82. The first-order valence-electron chi connectivity index (χ1n) is 6.93. The number of carbonyl (C=O) groups excluding carboxylic acids is 2. The lowest BCUT2D eigenvalue weighted by Gasteiger charge is -2.16. The number of rotatable bonds is 5. The first kappa shape index (κ1) is 14.6. The van der Waals surface area contributed by atoms with Gasteiger partial charge in [0.05, 0.1) is 23.6 Å². The van der Waals surface area contributed by atoms with Gasteiger partial charge in [0.25, 0.3) is 0 Å². The molecule has 0 aliphatic carbocycles. The van der Waals surface area contributed by atoms with Crippen molar-refractivity contribution in [1.82, 2.24) is 9.78 Å². The Labute approximate surface area is 131 Å². The molecule has 0 bridgehead atoms. The number of ether oxygens (including phenoxy) is 1. The maximum absolute atomic E-state index is 12.0. The van der Waals surface area contributed by atoms with Crippen molar-refractivity contribution in [2.45, 2.75) is 17.9 Å². The van der Waals surface area contributed by atoms with Gasteiger partial charge in [-0.05, 0) is 24.3 Å². The number of amides is 1. The van der Waals surface area contributed by atoms with Crippen molar-refractivity contribution in [2.24, 2.45) is 0 Å². The molecule has 0 radical (unpaired) electrons. The van der Waals surface area contributed by atoms with Gasteiger partial charge in [-0.3, -0.25) is 9.48 Å². The fourth-order valence-corrected chi connectivity index (χ4v) is 2.91. The summed E-state index contributed by atoms with van der Waals surface area (Å²) in [4.78, 5) is 24.4. The van der Waals surface area contributed by atoms with E-state index in [0.717, 1.165) is 4.90 Å². The second-order valence-electron chi connectivity index (χ2n) is 4.81. The van der Waals surface area contributed by atoms with Gasteiger partial charge in [0.2, 0.25) is 5.91 Å². The van der Waals surface area contributed by atoms with Gasteiger partial charge in [-0.25, -0.2) is 4.79 Å². The zero-order chi connectivity index (χ0) is 15.4. The highest BCUT2D eigenvalue weighted by atomic mass is 32.2. The van der Waals surface area contributed by atoms with Crippen LogP contribution in [-0.2, 0) is 16.1 Å². The van der Waals surface area contributed by atoms with Crippen LogP contribution < -0.4 is 5.32 Å². The van der Waals surface area contributed by atoms with Crippen LogP contribution in [0.5, 0.6) is 0 Å². The number of hydrogen-bond donors (Lipinski definition) is 1. The van der Waals surface area contributed by atoms with E-state index in [0.29, 0.717) is 36.6 Å². The van der Waals surface area contributed by atoms with E-state index >= 15 is 0 Å². The van der Waals surface area contributed by atoms with Crippen LogP contribution >= 0.6 is 11.8 Å². The average molecular weight is 317 g/mol. The number of anilines is 1. The number of aromatic nitrogens is 2. The number of thioether (sulfide) groups is 1. The van der Waals surface area contributed by atoms with Crippen molar-refractivity contribution in [3.8, 4) is 0 Å². The maximum Gasteiger partial charge on any atom is 0.338 e. The third-order valence-electron chi connectivity index (χ3n) is 3.17. The average Bonchev–Trinajstić information content (AvgIpc) is 3.04. The molecule has 0 fully saturated rings. The minimum Gasteiger partial charge on any atom is -0.462 e. The van der Waals surface area contributed by atoms with Crippen molar-refractivity contribution in [3.05, 3.63) is 42.2 Å². The number of hydrogen-bond acceptors (Lipinski definition) is 5. The molecule has 0 saturated heterocycles. The van der Waals surface area contributed by atoms with Gasteiger partial charge >= 0.3 is 5.97 Å². The Balaban J connectivity index is 1.53. The molecule has 2 aromatic rings. The Morgan fingerprint density at radius 3 is 3.18 bits per heavy atom. The van der Waals surface area contributed by atoms with Crippen molar-refractivity contribution in [2.75, 3.05) is 17.7 Å². The Hall–Kier alpha value is -2.28. The van der Waals surface area contributed by atoms with Gasteiger partial charge in [0.15, 0.2) is 0 Å². The van der Waals surface area contributed by atoms with E-state index in [9.17, 15) is 9.59 Å². The Bertz CT molecular complexity index is 685. The quantitative estimate of drug-likeness (QED) is 0.676. The van der Waals surface area contributed by atoms with E-state index in [1.807, 2.05) is 18.3 Å². The van der Waals surface area contributed by atoms with Crippen LogP contribution in [0.25, 0.3) is 0 Å². The van der Waals surface area contributed by atoms with E-state index < -0.39 is 0 Å². The molecule has 0 spiro atoms. The molecular formula is C15H15N3O3S. The molecule has 7 heteroatoms. The number of benzene rings is 1. The number of aryl methyl sites for hydroxylation is 1. The number of fused-ring (bicyclic) bond motifs is 1. The second kappa shape index (κ2) is 6.65. The third-order valence-corrected chi connectivity index (χ3v) is 4.25. The molecule has 1 aliphatic rings. The van der Waals surface area contributed by atoms with Crippen LogP contribution in [-0.4, -0.2) is 34.0 Å². The van der Waals surface area contributed by atoms with Crippen LogP contribution in [0.15, 0.2) is 41.6 Å². The largest absolute Gasteiger partial charge is 0.462 e. The first-order valence-corrected chi connectivity index (χ1v) is 7.92. The standard InChI is InChI=1S/C15H15N3O3S/c19-14-10-22-13-4-3-11(9-12(13)17-14)15(20)21-8-2-7-18-6-1-5-16-18/h1,3-6,9H,2,7-8,10H2,(H,17,19). The van der Waals surface area contributed by atoms with Gasteiger partial charge in [-0.1, -0.05) is 0 Å². The summed E-state index contributed by atoms with van der Waals surface area (Å²) in [6.45, 7) is 1.04. The Morgan fingerprint density at radius 1 is 1.45 bits per heavy atom. The van der Waals surface area contributed by atoms with Crippen molar-refractivity contribution >= 4 is 29.3 Å². The molecular weight excluding hydrogens is 302 g/mol. The Kier molecular flexibility index (Phi) is 4.43. The fourth-order valence-electron chi connectivity index (χ4n) is 2.12. The van der Waals surface area contributed by atoms with Gasteiger partial charge in [-0.2, -0.15) is 5.10 Å². The molecule has 1 amide bonds. The number of carbonyl (C=O) groups is 2. The topological polar surface area (TPSA) is 73.2 Å². The Morgan fingerprint density at radius 2 is 2.36 bits per heavy atom. The van der Waals surface area contributed by atoms with Crippen molar-refractivity contribution < 1.29 is 14.3 Å². The SMILES string of the molecule is O=C1CSc2ccc(C(=O)OCCCn3cccn3)cc2N1. The lowest BCUT2D eigenvalue weighted by molar-refractivity contribution is -0.113. The molecule has 0 saturated carbocycles. The van der Waals surface area contributed by atoms with Gasteiger partial charge in [-0.15, -0.1) is 11.8 Å². The number of nitrogens with one attached hydrogen (secondary N) is 1. The predicted octanol–water partition coefficient (Wildman–Crippen LogP) is 2.17. The maximum atomic E-state index is 12.0. The summed E-state index contributed by atoms with van der Waals surface area (Å²) in [5, 5.41) is 6.84. The molecule has 1 N–H and O–H groups in total. The molecule has 1 aromatic carbocycles. The minimum absolute atomic E-state index is 0.0535. The summed E-state index contributed by atoms with van der Waals surface area (Å²) in [5.74, 6) is -0.0279. The van der Waals surface area contributed by atoms with Crippen LogP contribution in [0.4, 0.5) is 5.69 Å². The summed E-state index contributed by atoms with van der Waals surface area (Å²) in [6.07, 6.45) is 4.28. The molecule has 6 nitrogen and oxygen atoms in total. The molecule has 3 rings (SSSR count). The molecule has 2 heterocycles. The summed E-state index contributed by atoms with van der Waals surface area (Å²) in [7, 11) is 0. The van der Waals surface area contributed by atoms with Crippen LogP contribution in [0, 0.1) is 0 Å². The molecule has 0 atom stereocenters. The van der Waals surface area contributed by atoms with E-state index in [-0.39, 0.29) is 11.9 Å². The molecule has 1 aromatic heterocycles. The zero-order valence-electron chi connectivity index (χ0n) is 11.8. The van der Waals surface area contributed by atoms with Crippen LogP contribution in [0.1, 0.15) is 16.8 Å². The first-order chi connectivity index (χ1) is 10.7. The van der Waals surface area contributed by atoms with E-state index in [4.69, 9.17) is 4.74 Å². The van der Waals surface area contributed by atoms with Crippen LogP contribution in [0.2, 0.25) is 0 Å². The van der Waals surface area contributed by atoms with Crippen LogP contribution in [0.3, 0.4) is 0 Å². The molecule has 0 unspecified atom stereocenters.